The lowest BCUT2D eigenvalue weighted by Crippen LogP contribution is -2.15. The molecule has 1 N–H and O–H groups in total. The monoisotopic (exact) mass is 293 g/mol. The molecule has 2 aromatic rings. The Balaban J connectivity index is 2.15. The number of hydrogen-bond donors (Lipinski definition) is 1. The Morgan fingerprint density at radius 3 is 2.75 bits per heavy atom. The molecule has 0 saturated heterocycles. The molecule has 0 aliphatic rings. The highest BCUT2D eigenvalue weighted by atomic mass is 32.1. The maximum atomic E-state index is 12.1. The van der Waals surface area contributed by atoms with Gasteiger partial charge in [0.2, 0.25) is 0 Å². The predicted molar refractivity (Wildman–Crippen MR) is 76.2 cm³/mol. The number of amides is 1. The van der Waals surface area contributed by atoms with E-state index in [1.165, 1.54) is 18.4 Å². The Labute approximate surface area is 120 Å². The molecule has 0 aliphatic heterocycles. The van der Waals surface area contributed by atoms with Gasteiger partial charge in [-0.25, -0.2) is 4.79 Å². The van der Waals surface area contributed by atoms with Gasteiger partial charge in [-0.1, -0.05) is 0 Å². The van der Waals surface area contributed by atoms with Crippen molar-refractivity contribution >= 4 is 28.2 Å². The second kappa shape index (κ2) is 5.87. The molecule has 2 heterocycles. The zero-order valence-electron chi connectivity index (χ0n) is 11.4. The van der Waals surface area contributed by atoms with Crippen molar-refractivity contribution in [1.29, 1.82) is 0 Å². The first-order valence-electron chi connectivity index (χ1n) is 6.05. The molecule has 7 heteroatoms. The molecule has 0 atom stereocenters. The van der Waals surface area contributed by atoms with E-state index in [-0.39, 0.29) is 11.9 Å². The van der Waals surface area contributed by atoms with Gasteiger partial charge < -0.3 is 10.1 Å². The molecule has 0 bridgehead atoms. The molecule has 6 nitrogen and oxygen atoms in total. The van der Waals surface area contributed by atoms with Crippen LogP contribution >= 0.6 is 11.3 Å². The summed E-state index contributed by atoms with van der Waals surface area (Å²) in [6.07, 6.45) is 1.75. The van der Waals surface area contributed by atoms with Gasteiger partial charge in [0, 0.05) is 12.2 Å². The normalized spacial score (nSPS) is 10.6. The van der Waals surface area contributed by atoms with Gasteiger partial charge in [-0.2, -0.15) is 5.10 Å². The van der Waals surface area contributed by atoms with Crippen LogP contribution in [0.2, 0.25) is 0 Å². The Bertz CT molecular complexity index is 630. The van der Waals surface area contributed by atoms with Gasteiger partial charge in [-0.15, -0.1) is 11.3 Å². The minimum absolute atomic E-state index is 0.184. The number of carbonyl (C=O) groups excluding carboxylic acids is 2. The van der Waals surface area contributed by atoms with Crippen LogP contribution in [0.25, 0.3) is 0 Å². The van der Waals surface area contributed by atoms with E-state index < -0.39 is 5.97 Å². The van der Waals surface area contributed by atoms with Crippen LogP contribution in [-0.2, 0) is 4.74 Å². The SMILES string of the molecule is COC(=O)c1ccsc1NC(=O)c1ccn(C(C)C)n1. The fourth-order valence-electron chi connectivity index (χ4n) is 1.59. The van der Waals surface area contributed by atoms with E-state index in [1.807, 2.05) is 13.8 Å². The molecule has 0 saturated carbocycles. The fraction of sp³-hybridized carbons (Fsp3) is 0.308. The molecule has 0 fully saturated rings. The standard InChI is InChI=1S/C13H15N3O3S/c1-8(2)16-6-4-10(15-16)11(17)14-12-9(5-7-20-12)13(18)19-3/h4-8H,1-3H3,(H,14,17). The quantitative estimate of drug-likeness (QED) is 0.879. The van der Waals surface area contributed by atoms with Crippen LogP contribution in [0.5, 0.6) is 0 Å². The summed E-state index contributed by atoms with van der Waals surface area (Å²) in [6, 6.07) is 3.43. The lowest BCUT2D eigenvalue weighted by atomic mass is 10.3. The number of anilines is 1. The van der Waals surface area contributed by atoms with Crippen LogP contribution in [-0.4, -0.2) is 28.8 Å². The molecular weight excluding hydrogens is 278 g/mol. The molecule has 0 unspecified atom stereocenters. The van der Waals surface area contributed by atoms with Crippen LogP contribution in [0.15, 0.2) is 23.7 Å². The highest BCUT2D eigenvalue weighted by Crippen LogP contribution is 2.24. The molecule has 0 radical (unpaired) electrons. The number of ether oxygens (including phenoxy) is 1. The van der Waals surface area contributed by atoms with Gasteiger partial charge in [0.1, 0.15) is 5.00 Å². The average Bonchev–Trinajstić information content (AvgIpc) is 3.06. The zero-order valence-corrected chi connectivity index (χ0v) is 12.2. The van der Waals surface area contributed by atoms with Gasteiger partial charge in [-0.3, -0.25) is 9.48 Å². The van der Waals surface area contributed by atoms with Gasteiger partial charge >= 0.3 is 5.97 Å². The average molecular weight is 293 g/mol. The van der Waals surface area contributed by atoms with Crippen LogP contribution < -0.4 is 5.32 Å². The first-order chi connectivity index (χ1) is 9.52. The smallest absolute Gasteiger partial charge is 0.340 e. The molecule has 106 valence electrons. The second-order valence-electron chi connectivity index (χ2n) is 4.38. The highest BCUT2D eigenvalue weighted by Gasteiger charge is 2.17. The van der Waals surface area contributed by atoms with E-state index in [0.29, 0.717) is 16.3 Å². The summed E-state index contributed by atoms with van der Waals surface area (Å²) in [7, 11) is 1.30. The molecule has 0 aliphatic carbocycles. The van der Waals surface area contributed by atoms with Crippen molar-refractivity contribution in [3.63, 3.8) is 0 Å². The molecular formula is C13H15N3O3S. The van der Waals surface area contributed by atoms with Crippen molar-refractivity contribution in [3.8, 4) is 0 Å². The van der Waals surface area contributed by atoms with Gasteiger partial charge in [0.25, 0.3) is 5.91 Å². The zero-order chi connectivity index (χ0) is 14.7. The van der Waals surface area contributed by atoms with Crippen LogP contribution in [0, 0.1) is 0 Å². The fourth-order valence-corrected chi connectivity index (χ4v) is 2.36. The number of nitrogens with one attached hydrogen (secondary N) is 1. The first-order valence-corrected chi connectivity index (χ1v) is 6.93. The van der Waals surface area contributed by atoms with E-state index in [9.17, 15) is 9.59 Å². The maximum absolute atomic E-state index is 12.1. The van der Waals surface area contributed by atoms with Crippen molar-refractivity contribution in [2.24, 2.45) is 0 Å². The van der Waals surface area contributed by atoms with Crippen LogP contribution in [0.3, 0.4) is 0 Å². The number of aromatic nitrogens is 2. The van der Waals surface area contributed by atoms with Crippen LogP contribution in [0.4, 0.5) is 5.00 Å². The summed E-state index contributed by atoms with van der Waals surface area (Å²) in [5.74, 6) is -0.828. The van der Waals surface area contributed by atoms with Crippen molar-refractivity contribution in [3.05, 3.63) is 35.0 Å². The summed E-state index contributed by atoms with van der Waals surface area (Å²) >= 11 is 1.26. The summed E-state index contributed by atoms with van der Waals surface area (Å²) in [4.78, 5) is 23.6. The number of hydrogen-bond acceptors (Lipinski definition) is 5. The molecule has 0 spiro atoms. The molecule has 0 aromatic carbocycles. The van der Waals surface area contributed by atoms with E-state index in [4.69, 9.17) is 0 Å². The van der Waals surface area contributed by atoms with Gasteiger partial charge in [0.15, 0.2) is 5.69 Å². The summed E-state index contributed by atoms with van der Waals surface area (Å²) in [6.45, 7) is 3.95. The van der Waals surface area contributed by atoms with E-state index in [2.05, 4.69) is 15.2 Å². The Morgan fingerprint density at radius 2 is 2.15 bits per heavy atom. The van der Waals surface area contributed by atoms with E-state index in [1.54, 1.807) is 28.4 Å². The Kier molecular flexibility index (Phi) is 4.19. The second-order valence-corrected chi connectivity index (χ2v) is 5.30. The van der Waals surface area contributed by atoms with Crippen molar-refractivity contribution in [2.45, 2.75) is 19.9 Å². The number of rotatable bonds is 4. The molecule has 1 amide bonds. The van der Waals surface area contributed by atoms with Gasteiger partial charge in [0.05, 0.1) is 12.7 Å². The van der Waals surface area contributed by atoms with Crippen molar-refractivity contribution < 1.29 is 14.3 Å². The highest BCUT2D eigenvalue weighted by molar-refractivity contribution is 7.14. The Hall–Kier alpha value is -2.15. The molecule has 20 heavy (non-hydrogen) atoms. The topological polar surface area (TPSA) is 73.2 Å². The predicted octanol–water partition coefficient (Wildman–Crippen LogP) is 2.56. The largest absolute Gasteiger partial charge is 0.465 e. The summed E-state index contributed by atoms with van der Waals surface area (Å²) < 4.78 is 6.35. The lowest BCUT2D eigenvalue weighted by molar-refractivity contribution is 0.0602. The molecule has 2 rings (SSSR count). The minimum atomic E-state index is -0.478. The third kappa shape index (κ3) is 2.88. The van der Waals surface area contributed by atoms with Crippen molar-refractivity contribution in [2.75, 3.05) is 12.4 Å². The third-order valence-electron chi connectivity index (χ3n) is 2.67. The molecule has 2 aromatic heterocycles. The number of esters is 1. The van der Waals surface area contributed by atoms with E-state index in [0.717, 1.165) is 0 Å². The van der Waals surface area contributed by atoms with E-state index >= 15 is 0 Å². The summed E-state index contributed by atoms with van der Waals surface area (Å²) in [5, 5.41) is 9.03. The number of carbonyl (C=O) groups is 2. The lowest BCUT2D eigenvalue weighted by Gasteiger charge is -2.05. The Morgan fingerprint density at radius 1 is 1.40 bits per heavy atom. The van der Waals surface area contributed by atoms with Crippen molar-refractivity contribution in [1.82, 2.24) is 9.78 Å². The third-order valence-corrected chi connectivity index (χ3v) is 3.50. The number of methoxy groups -OCH3 is 1. The number of nitrogens with zero attached hydrogens (tertiary/aromatic N) is 2. The maximum Gasteiger partial charge on any atom is 0.340 e. The minimum Gasteiger partial charge on any atom is -0.465 e. The van der Waals surface area contributed by atoms with Gasteiger partial charge in [-0.05, 0) is 31.4 Å². The van der Waals surface area contributed by atoms with Crippen LogP contribution in [0.1, 0.15) is 40.7 Å². The first kappa shape index (κ1) is 14.3. The number of thiophene rings is 1. The summed E-state index contributed by atoms with van der Waals surface area (Å²) in [5.41, 5.74) is 0.650.